The zero-order valence-corrected chi connectivity index (χ0v) is 17.1. The van der Waals surface area contributed by atoms with Crippen LogP contribution < -0.4 is 10.2 Å². The van der Waals surface area contributed by atoms with E-state index in [-0.39, 0.29) is 11.9 Å². The van der Waals surface area contributed by atoms with Crippen molar-refractivity contribution in [1.29, 1.82) is 0 Å². The fourth-order valence-electron chi connectivity index (χ4n) is 4.11. The number of benzene rings is 2. The average molecular weight is 398 g/mol. The largest absolute Gasteiger partial charge is 0.370 e. The number of morpholine rings is 1. The maximum atomic E-state index is 12.7. The Labute approximate surface area is 171 Å². The molecule has 0 unspecified atom stereocenters. The molecular weight excluding hydrogens is 368 g/mol. The lowest BCUT2D eigenvalue weighted by Crippen LogP contribution is -3.14. The first-order valence-electron chi connectivity index (χ1n) is 10.3. The number of carbonyl (C=O) groups is 1. The van der Waals surface area contributed by atoms with Gasteiger partial charge in [-0.25, -0.2) is 0 Å². The molecule has 1 aliphatic carbocycles. The van der Waals surface area contributed by atoms with Gasteiger partial charge >= 0.3 is 0 Å². The van der Waals surface area contributed by atoms with Crippen molar-refractivity contribution in [1.82, 2.24) is 5.32 Å². The van der Waals surface area contributed by atoms with E-state index >= 15 is 0 Å². The molecule has 2 aromatic rings. The number of quaternary nitrogens is 1. The predicted molar refractivity (Wildman–Crippen MR) is 113 cm³/mol. The summed E-state index contributed by atoms with van der Waals surface area (Å²) in [5.74, 6) is 0.563. The highest BCUT2D eigenvalue weighted by Gasteiger charge is 2.23. The second kappa shape index (κ2) is 9.59. The number of aryl methyl sites for hydroxylation is 2. The van der Waals surface area contributed by atoms with Crippen LogP contribution in [0.5, 0.6) is 0 Å². The van der Waals surface area contributed by atoms with Gasteiger partial charge in [-0.1, -0.05) is 36.4 Å². The highest BCUT2D eigenvalue weighted by molar-refractivity contribution is 8.00. The van der Waals surface area contributed by atoms with Gasteiger partial charge in [0.2, 0.25) is 5.91 Å². The van der Waals surface area contributed by atoms with Crippen LogP contribution in [0.1, 0.15) is 29.2 Å². The Hall–Kier alpha value is -1.82. The van der Waals surface area contributed by atoms with Crippen LogP contribution in [-0.2, 0) is 22.4 Å². The first-order valence-corrected chi connectivity index (χ1v) is 11.3. The Balaban J connectivity index is 1.36. The van der Waals surface area contributed by atoms with E-state index in [0.717, 1.165) is 32.8 Å². The standard InChI is InChI=1S/C23H28N2O2S/c26-23(17-28-21-10-9-18-7-4-8-20(18)15-21)24-22(19-5-2-1-3-6-19)16-25-11-13-27-14-12-25/h1-3,5-6,9-10,15,22H,4,7-8,11-14,16-17H2,(H,24,26)/p+1/t22-/m0/s1. The Morgan fingerprint density at radius 2 is 1.86 bits per heavy atom. The maximum Gasteiger partial charge on any atom is 0.231 e. The molecule has 1 saturated heterocycles. The van der Waals surface area contributed by atoms with E-state index in [4.69, 9.17) is 4.74 Å². The smallest absolute Gasteiger partial charge is 0.231 e. The summed E-state index contributed by atoms with van der Waals surface area (Å²) < 4.78 is 5.48. The van der Waals surface area contributed by atoms with Crippen molar-refractivity contribution >= 4 is 17.7 Å². The Morgan fingerprint density at radius 1 is 1.07 bits per heavy atom. The third-order valence-corrected chi connectivity index (χ3v) is 6.66. The summed E-state index contributed by atoms with van der Waals surface area (Å²) in [5, 5.41) is 3.28. The number of ether oxygens (including phenoxy) is 1. The molecule has 4 nitrogen and oxygen atoms in total. The second-order valence-electron chi connectivity index (χ2n) is 7.67. The van der Waals surface area contributed by atoms with Gasteiger partial charge in [0.25, 0.3) is 0 Å². The van der Waals surface area contributed by atoms with Crippen LogP contribution in [0.4, 0.5) is 0 Å². The average Bonchev–Trinajstić information content (AvgIpc) is 3.21. The molecule has 4 rings (SSSR count). The van der Waals surface area contributed by atoms with Gasteiger partial charge in [0, 0.05) is 4.90 Å². The highest BCUT2D eigenvalue weighted by Crippen LogP contribution is 2.27. The van der Waals surface area contributed by atoms with Crippen LogP contribution >= 0.6 is 11.8 Å². The third kappa shape index (κ3) is 5.16. The molecule has 2 aliphatic rings. The zero-order chi connectivity index (χ0) is 19.2. The number of carbonyl (C=O) groups excluding carboxylic acids is 1. The molecule has 0 radical (unpaired) electrons. The minimum Gasteiger partial charge on any atom is -0.370 e. The highest BCUT2D eigenvalue weighted by atomic mass is 32.2. The molecule has 2 N–H and O–H groups in total. The van der Waals surface area contributed by atoms with E-state index in [9.17, 15) is 4.79 Å². The molecule has 0 aromatic heterocycles. The molecule has 148 valence electrons. The van der Waals surface area contributed by atoms with Crippen molar-refractivity contribution in [3.63, 3.8) is 0 Å². The number of amides is 1. The van der Waals surface area contributed by atoms with Crippen molar-refractivity contribution in [2.24, 2.45) is 0 Å². The van der Waals surface area contributed by atoms with E-state index in [0.29, 0.717) is 5.75 Å². The van der Waals surface area contributed by atoms with Crippen molar-refractivity contribution < 1.29 is 14.4 Å². The zero-order valence-electron chi connectivity index (χ0n) is 16.3. The van der Waals surface area contributed by atoms with Crippen LogP contribution in [0.2, 0.25) is 0 Å². The molecule has 28 heavy (non-hydrogen) atoms. The maximum absolute atomic E-state index is 12.7. The van der Waals surface area contributed by atoms with Crippen LogP contribution in [0.25, 0.3) is 0 Å². The molecule has 1 fully saturated rings. The number of nitrogens with one attached hydrogen (secondary N) is 2. The van der Waals surface area contributed by atoms with Gasteiger partial charge < -0.3 is 15.0 Å². The fraction of sp³-hybridized carbons (Fsp3) is 0.435. The van der Waals surface area contributed by atoms with Crippen molar-refractivity contribution in [2.45, 2.75) is 30.2 Å². The summed E-state index contributed by atoms with van der Waals surface area (Å²) >= 11 is 1.64. The molecule has 1 heterocycles. The monoisotopic (exact) mass is 397 g/mol. The number of hydrogen-bond donors (Lipinski definition) is 2. The molecule has 0 bridgehead atoms. The Bertz CT molecular complexity index is 790. The lowest BCUT2D eigenvalue weighted by atomic mass is 10.1. The van der Waals surface area contributed by atoms with Crippen LogP contribution in [0.3, 0.4) is 0 Å². The number of rotatable bonds is 7. The molecule has 0 saturated carbocycles. The van der Waals surface area contributed by atoms with Crippen molar-refractivity contribution in [3.05, 3.63) is 65.2 Å². The summed E-state index contributed by atoms with van der Waals surface area (Å²) in [4.78, 5) is 15.4. The van der Waals surface area contributed by atoms with Gasteiger partial charge in [-0.3, -0.25) is 4.79 Å². The predicted octanol–water partition coefficient (Wildman–Crippen LogP) is 2.04. The fourth-order valence-corrected chi connectivity index (χ4v) is 4.88. The molecule has 1 amide bonds. The second-order valence-corrected chi connectivity index (χ2v) is 8.72. The quantitative estimate of drug-likeness (QED) is 0.703. The van der Waals surface area contributed by atoms with Gasteiger partial charge in [-0.05, 0) is 48.1 Å². The van der Waals surface area contributed by atoms with Gasteiger partial charge in [0.05, 0.1) is 19.0 Å². The summed E-state index contributed by atoms with van der Waals surface area (Å²) in [6.07, 6.45) is 3.63. The summed E-state index contributed by atoms with van der Waals surface area (Å²) in [5.41, 5.74) is 4.12. The molecule has 1 aliphatic heterocycles. The van der Waals surface area contributed by atoms with Crippen molar-refractivity contribution in [2.75, 3.05) is 38.6 Å². The molecule has 5 heteroatoms. The van der Waals surface area contributed by atoms with Crippen LogP contribution in [0.15, 0.2) is 53.4 Å². The lowest BCUT2D eigenvalue weighted by Gasteiger charge is -2.28. The first kappa shape index (κ1) is 19.5. The third-order valence-electron chi connectivity index (χ3n) is 5.67. The first-order chi connectivity index (χ1) is 13.8. The van der Waals surface area contributed by atoms with E-state index in [1.54, 1.807) is 11.8 Å². The minimum absolute atomic E-state index is 0.0439. The van der Waals surface area contributed by atoms with Gasteiger partial charge in [-0.15, -0.1) is 11.8 Å². The van der Waals surface area contributed by atoms with Crippen molar-refractivity contribution in [3.8, 4) is 0 Å². The van der Waals surface area contributed by atoms with Gasteiger partial charge in [0.1, 0.15) is 25.7 Å². The Morgan fingerprint density at radius 3 is 2.68 bits per heavy atom. The lowest BCUT2D eigenvalue weighted by molar-refractivity contribution is -0.909. The summed E-state index contributed by atoms with van der Waals surface area (Å²) in [6, 6.07) is 17.0. The Kier molecular flexibility index (Phi) is 6.68. The van der Waals surface area contributed by atoms with E-state index < -0.39 is 0 Å². The van der Waals surface area contributed by atoms with E-state index in [1.165, 1.54) is 45.7 Å². The molecule has 0 spiro atoms. The number of thioether (sulfide) groups is 1. The number of hydrogen-bond acceptors (Lipinski definition) is 3. The molecular formula is C23H29N2O2S+. The SMILES string of the molecule is O=C(CSc1ccc2c(c1)CCC2)N[C@@H](C[NH+]1CCOCC1)c1ccccc1. The van der Waals surface area contributed by atoms with E-state index in [2.05, 4.69) is 35.6 Å². The molecule has 2 aromatic carbocycles. The number of fused-ring (bicyclic) bond motifs is 1. The van der Waals surface area contributed by atoms with Crippen LogP contribution in [-0.4, -0.2) is 44.5 Å². The summed E-state index contributed by atoms with van der Waals surface area (Å²) in [7, 11) is 0. The molecule has 1 atom stereocenters. The summed E-state index contributed by atoms with van der Waals surface area (Å²) in [6.45, 7) is 4.52. The minimum atomic E-state index is 0.0439. The topological polar surface area (TPSA) is 42.8 Å². The van der Waals surface area contributed by atoms with E-state index in [1.807, 2.05) is 18.2 Å². The normalized spacial score (nSPS) is 17.9. The van der Waals surface area contributed by atoms with Gasteiger partial charge in [-0.2, -0.15) is 0 Å². The van der Waals surface area contributed by atoms with Gasteiger partial charge in [0.15, 0.2) is 0 Å². The van der Waals surface area contributed by atoms with Crippen LogP contribution in [0, 0.1) is 0 Å².